The molecule has 88 valence electrons. The van der Waals surface area contributed by atoms with Crippen LogP contribution in [0.25, 0.3) is 0 Å². The molecule has 0 N–H and O–H groups in total. The predicted octanol–water partition coefficient (Wildman–Crippen LogP) is 2.51. The number of hydrogen-bond donors (Lipinski definition) is 0. The van der Waals surface area contributed by atoms with E-state index in [2.05, 4.69) is 4.74 Å². The van der Waals surface area contributed by atoms with E-state index in [4.69, 9.17) is 0 Å². The van der Waals surface area contributed by atoms with Crippen molar-refractivity contribution >= 4 is 5.78 Å². The largest absolute Gasteiger partial charge is 0.494 e. The third-order valence-electron chi connectivity index (χ3n) is 1.90. The van der Waals surface area contributed by atoms with E-state index < -0.39 is 24.2 Å². The van der Waals surface area contributed by atoms with Gasteiger partial charge in [-0.1, -0.05) is 6.07 Å². The molecule has 1 aromatic rings. The fourth-order valence-corrected chi connectivity index (χ4v) is 1.10. The third-order valence-corrected chi connectivity index (χ3v) is 1.90. The summed E-state index contributed by atoms with van der Waals surface area (Å²) in [5, 5.41) is 0. The molecule has 6 heteroatoms. The molecule has 0 atom stereocenters. The lowest BCUT2D eigenvalue weighted by molar-refractivity contribution is -0.170. The second-order valence-corrected chi connectivity index (χ2v) is 3.07. The summed E-state index contributed by atoms with van der Waals surface area (Å²) < 4.78 is 53.3. The fourth-order valence-electron chi connectivity index (χ4n) is 1.10. The second kappa shape index (κ2) is 4.51. The van der Waals surface area contributed by atoms with Gasteiger partial charge in [-0.3, -0.25) is 4.79 Å². The SMILES string of the molecule is COc1cc(CC(=O)C(F)(F)F)ccc1F. The number of methoxy groups -OCH3 is 1. The van der Waals surface area contributed by atoms with Crippen LogP contribution in [0.3, 0.4) is 0 Å². The molecule has 0 heterocycles. The first-order valence-electron chi connectivity index (χ1n) is 4.27. The van der Waals surface area contributed by atoms with E-state index in [-0.39, 0.29) is 11.3 Å². The van der Waals surface area contributed by atoms with Crippen LogP contribution in [0, 0.1) is 5.82 Å². The molecule has 0 aromatic heterocycles. The lowest BCUT2D eigenvalue weighted by Crippen LogP contribution is -2.24. The van der Waals surface area contributed by atoms with Gasteiger partial charge in [-0.15, -0.1) is 0 Å². The van der Waals surface area contributed by atoms with E-state index in [0.717, 1.165) is 18.2 Å². The molecule has 0 aliphatic heterocycles. The van der Waals surface area contributed by atoms with Crippen LogP contribution in [-0.4, -0.2) is 19.1 Å². The standard InChI is InChI=1S/C10H8F4O2/c1-16-8-4-6(2-3-7(8)11)5-9(15)10(12,13)14/h2-4H,5H2,1H3. The minimum atomic E-state index is -4.87. The van der Waals surface area contributed by atoms with Crippen molar-refractivity contribution in [3.8, 4) is 5.75 Å². The molecule has 0 radical (unpaired) electrons. The second-order valence-electron chi connectivity index (χ2n) is 3.07. The summed E-state index contributed by atoms with van der Waals surface area (Å²) in [5.74, 6) is -2.75. The highest BCUT2D eigenvalue weighted by Gasteiger charge is 2.37. The Balaban J connectivity index is 2.87. The number of halogens is 4. The summed E-state index contributed by atoms with van der Waals surface area (Å²) in [6.45, 7) is 0. The normalized spacial score (nSPS) is 11.3. The van der Waals surface area contributed by atoms with Gasteiger partial charge in [0.1, 0.15) is 0 Å². The molecular weight excluding hydrogens is 228 g/mol. The van der Waals surface area contributed by atoms with E-state index in [0.29, 0.717) is 0 Å². The number of benzene rings is 1. The summed E-state index contributed by atoms with van der Waals surface area (Å²) in [4.78, 5) is 10.7. The first-order valence-corrected chi connectivity index (χ1v) is 4.27. The Bertz CT molecular complexity index is 398. The minimum Gasteiger partial charge on any atom is -0.494 e. The lowest BCUT2D eigenvalue weighted by atomic mass is 10.1. The van der Waals surface area contributed by atoms with E-state index in [9.17, 15) is 22.4 Å². The average molecular weight is 236 g/mol. The first-order chi connectivity index (χ1) is 7.34. The number of carbonyl (C=O) groups excluding carboxylic acids is 1. The summed E-state index contributed by atoms with van der Waals surface area (Å²) in [5.41, 5.74) is 0.0561. The molecule has 0 aliphatic carbocycles. The van der Waals surface area contributed by atoms with Crippen molar-refractivity contribution in [1.82, 2.24) is 0 Å². The maximum Gasteiger partial charge on any atom is 0.450 e. The van der Waals surface area contributed by atoms with Crippen molar-refractivity contribution in [1.29, 1.82) is 0 Å². The molecule has 2 nitrogen and oxygen atoms in total. The zero-order chi connectivity index (χ0) is 12.3. The van der Waals surface area contributed by atoms with Gasteiger partial charge >= 0.3 is 6.18 Å². The van der Waals surface area contributed by atoms with E-state index in [1.54, 1.807) is 0 Å². The van der Waals surface area contributed by atoms with Crippen LogP contribution in [0.2, 0.25) is 0 Å². The molecule has 0 spiro atoms. The van der Waals surface area contributed by atoms with Crippen LogP contribution in [0.4, 0.5) is 17.6 Å². The Morgan fingerprint density at radius 3 is 2.50 bits per heavy atom. The smallest absolute Gasteiger partial charge is 0.450 e. The van der Waals surface area contributed by atoms with Crippen molar-refractivity contribution in [3.63, 3.8) is 0 Å². The molecular formula is C10H8F4O2. The highest BCUT2D eigenvalue weighted by molar-refractivity contribution is 5.86. The van der Waals surface area contributed by atoms with E-state index in [1.807, 2.05) is 0 Å². The number of ether oxygens (including phenoxy) is 1. The van der Waals surface area contributed by atoms with Gasteiger partial charge in [0, 0.05) is 6.42 Å². The molecule has 16 heavy (non-hydrogen) atoms. The molecule has 0 aliphatic rings. The zero-order valence-electron chi connectivity index (χ0n) is 8.27. The lowest BCUT2D eigenvalue weighted by Gasteiger charge is -2.07. The van der Waals surface area contributed by atoms with Gasteiger partial charge in [-0.05, 0) is 17.7 Å². The summed E-state index contributed by atoms with van der Waals surface area (Å²) >= 11 is 0. The highest BCUT2D eigenvalue weighted by atomic mass is 19.4. The zero-order valence-corrected chi connectivity index (χ0v) is 8.27. The van der Waals surface area contributed by atoms with Gasteiger partial charge in [0.05, 0.1) is 7.11 Å². The molecule has 1 aromatic carbocycles. The van der Waals surface area contributed by atoms with Gasteiger partial charge in [-0.25, -0.2) is 4.39 Å². The van der Waals surface area contributed by atoms with Gasteiger partial charge in [0.25, 0.3) is 0 Å². The first kappa shape index (κ1) is 12.5. The Morgan fingerprint density at radius 1 is 1.38 bits per heavy atom. The van der Waals surface area contributed by atoms with Crippen molar-refractivity contribution in [2.24, 2.45) is 0 Å². The van der Waals surface area contributed by atoms with Crippen molar-refractivity contribution < 1.29 is 27.1 Å². The maximum absolute atomic E-state index is 12.9. The quantitative estimate of drug-likeness (QED) is 0.754. The van der Waals surface area contributed by atoms with Crippen molar-refractivity contribution in [2.45, 2.75) is 12.6 Å². The molecule has 0 unspecified atom stereocenters. The Hall–Kier alpha value is -1.59. The number of alkyl halides is 3. The molecule has 0 bridgehead atoms. The van der Waals surface area contributed by atoms with Crippen LogP contribution in [-0.2, 0) is 11.2 Å². The van der Waals surface area contributed by atoms with Crippen LogP contribution in [0.1, 0.15) is 5.56 Å². The number of Topliss-reactive ketones (excluding diaryl/α,β-unsaturated/α-hetero) is 1. The molecule has 0 amide bonds. The molecule has 0 fully saturated rings. The van der Waals surface area contributed by atoms with Crippen LogP contribution < -0.4 is 4.74 Å². The Morgan fingerprint density at radius 2 is 2.00 bits per heavy atom. The number of rotatable bonds is 3. The van der Waals surface area contributed by atoms with Crippen molar-refractivity contribution in [2.75, 3.05) is 7.11 Å². The fraction of sp³-hybridized carbons (Fsp3) is 0.300. The van der Waals surface area contributed by atoms with E-state index >= 15 is 0 Å². The van der Waals surface area contributed by atoms with Crippen molar-refractivity contribution in [3.05, 3.63) is 29.6 Å². The predicted molar refractivity (Wildman–Crippen MR) is 47.7 cm³/mol. The van der Waals surface area contributed by atoms with Gasteiger partial charge in [0.15, 0.2) is 11.6 Å². The van der Waals surface area contributed by atoms with E-state index in [1.165, 1.54) is 7.11 Å². The average Bonchev–Trinajstić information content (AvgIpc) is 2.19. The third kappa shape index (κ3) is 2.95. The highest BCUT2D eigenvalue weighted by Crippen LogP contribution is 2.22. The Kier molecular flexibility index (Phi) is 3.51. The van der Waals surface area contributed by atoms with Crippen LogP contribution >= 0.6 is 0 Å². The monoisotopic (exact) mass is 236 g/mol. The van der Waals surface area contributed by atoms with Gasteiger partial charge in [-0.2, -0.15) is 13.2 Å². The van der Waals surface area contributed by atoms with Gasteiger partial charge in [0.2, 0.25) is 5.78 Å². The summed E-state index contributed by atoms with van der Waals surface area (Å²) in [6.07, 6.45) is -5.69. The van der Waals surface area contributed by atoms with Crippen LogP contribution in [0.5, 0.6) is 5.75 Å². The van der Waals surface area contributed by atoms with Gasteiger partial charge < -0.3 is 4.74 Å². The maximum atomic E-state index is 12.9. The van der Waals surface area contributed by atoms with Crippen LogP contribution in [0.15, 0.2) is 18.2 Å². The topological polar surface area (TPSA) is 26.3 Å². The number of hydrogen-bond acceptors (Lipinski definition) is 2. The minimum absolute atomic E-state index is 0.0561. The number of ketones is 1. The molecule has 0 saturated carbocycles. The Labute approximate surface area is 88.8 Å². The molecule has 0 saturated heterocycles. The molecule has 1 rings (SSSR count). The summed E-state index contributed by atoms with van der Waals surface area (Å²) in [6, 6.07) is 3.14. The summed E-state index contributed by atoms with van der Waals surface area (Å²) in [7, 11) is 1.19. The number of carbonyl (C=O) groups is 1.